The maximum Gasteiger partial charge on any atom is 0.197 e. The first-order chi connectivity index (χ1) is 11.2. The van der Waals surface area contributed by atoms with Gasteiger partial charge in [-0.25, -0.2) is 0 Å². The van der Waals surface area contributed by atoms with Crippen molar-refractivity contribution in [3.8, 4) is 0 Å². The Morgan fingerprint density at radius 1 is 1.17 bits per heavy atom. The summed E-state index contributed by atoms with van der Waals surface area (Å²) in [5, 5.41) is 1.17. The third kappa shape index (κ3) is 2.92. The molecule has 1 aliphatic carbocycles. The topological polar surface area (TPSA) is 33.5 Å². The maximum atomic E-state index is 12.8. The van der Waals surface area contributed by atoms with Crippen LogP contribution < -0.4 is 5.43 Å². The van der Waals surface area contributed by atoms with E-state index < -0.39 is 0 Å². The first kappa shape index (κ1) is 15.2. The van der Waals surface area contributed by atoms with E-state index in [-0.39, 0.29) is 5.43 Å². The van der Waals surface area contributed by atoms with Gasteiger partial charge in [0.15, 0.2) is 5.43 Å². The Morgan fingerprint density at radius 2 is 2.00 bits per heavy atom. The van der Waals surface area contributed by atoms with Gasteiger partial charge in [-0.05, 0) is 56.3 Å². The molecular weight excluding hydrogens is 310 g/mol. The second-order valence-corrected chi connectivity index (χ2v) is 7.39. The van der Waals surface area contributed by atoms with Crippen LogP contribution in [-0.2, 0) is 6.54 Å². The van der Waals surface area contributed by atoms with Gasteiger partial charge in [0.1, 0.15) is 5.58 Å². The van der Waals surface area contributed by atoms with Crippen molar-refractivity contribution in [2.24, 2.45) is 5.92 Å². The molecule has 4 heteroatoms. The lowest BCUT2D eigenvalue weighted by molar-refractivity contribution is 0.0541. The number of piperidine rings is 1. The predicted molar refractivity (Wildman–Crippen MR) is 92.9 cm³/mol. The molecule has 0 bridgehead atoms. The van der Waals surface area contributed by atoms with E-state index in [9.17, 15) is 4.79 Å². The van der Waals surface area contributed by atoms with Gasteiger partial charge in [0.05, 0.1) is 11.6 Å². The fourth-order valence-electron chi connectivity index (χ4n) is 4.40. The second-order valence-electron chi connectivity index (χ2n) is 6.96. The van der Waals surface area contributed by atoms with Crippen LogP contribution >= 0.6 is 11.6 Å². The number of halogens is 1. The summed E-state index contributed by atoms with van der Waals surface area (Å²) in [6.45, 7) is 1.79. The van der Waals surface area contributed by atoms with E-state index in [2.05, 4.69) is 4.90 Å². The molecule has 2 atom stereocenters. The van der Waals surface area contributed by atoms with E-state index >= 15 is 0 Å². The molecule has 3 nitrogen and oxygen atoms in total. The number of benzene rings is 1. The number of hydrogen-bond acceptors (Lipinski definition) is 3. The van der Waals surface area contributed by atoms with Gasteiger partial charge < -0.3 is 4.42 Å². The monoisotopic (exact) mass is 331 g/mol. The molecule has 4 rings (SSSR count). The highest BCUT2D eigenvalue weighted by Gasteiger charge is 2.33. The van der Waals surface area contributed by atoms with Gasteiger partial charge in [-0.3, -0.25) is 9.69 Å². The summed E-state index contributed by atoms with van der Waals surface area (Å²) >= 11 is 6.04. The molecule has 1 saturated heterocycles. The molecule has 0 radical (unpaired) electrons. The lowest BCUT2D eigenvalue weighted by Gasteiger charge is -2.44. The zero-order chi connectivity index (χ0) is 15.8. The van der Waals surface area contributed by atoms with Gasteiger partial charge >= 0.3 is 0 Å². The molecule has 1 aromatic heterocycles. The number of hydrogen-bond donors (Lipinski definition) is 0. The average molecular weight is 332 g/mol. The summed E-state index contributed by atoms with van der Waals surface area (Å²) in [6, 6.07) is 5.88. The molecule has 0 spiro atoms. The molecule has 2 fully saturated rings. The van der Waals surface area contributed by atoms with Gasteiger partial charge in [0.25, 0.3) is 0 Å². The summed E-state index contributed by atoms with van der Waals surface area (Å²) in [7, 11) is 0. The van der Waals surface area contributed by atoms with Crippen LogP contribution in [0.1, 0.15) is 44.1 Å². The average Bonchev–Trinajstić information content (AvgIpc) is 2.58. The van der Waals surface area contributed by atoms with Crippen LogP contribution in [0.15, 0.2) is 33.7 Å². The Bertz CT molecular complexity index is 768. The SMILES string of the molecule is O=c1c(CN2CCC[C@@H]3CCCC[C@@H]32)coc2ccc(Cl)cc12. The molecule has 23 heavy (non-hydrogen) atoms. The van der Waals surface area contributed by atoms with Crippen molar-refractivity contribution in [1.82, 2.24) is 4.90 Å². The fraction of sp³-hybridized carbons (Fsp3) is 0.526. The first-order valence-corrected chi connectivity index (χ1v) is 9.04. The molecule has 0 N–H and O–H groups in total. The van der Waals surface area contributed by atoms with Crippen LogP contribution in [0.4, 0.5) is 0 Å². The minimum atomic E-state index is 0.0617. The highest BCUT2D eigenvalue weighted by Crippen LogP contribution is 2.35. The molecule has 0 unspecified atom stereocenters. The number of rotatable bonds is 2. The Kier molecular flexibility index (Phi) is 4.16. The Labute approximate surface area is 141 Å². The Morgan fingerprint density at radius 3 is 2.91 bits per heavy atom. The molecule has 1 saturated carbocycles. The van der Waals surface area contributed by atoms with E-state index in [1.54, 1.807) is 24.5 Å². The lowest BCUT2D eigenvalue weighted by atomic mass is 9.78. The van der Waals surface area contributed by atoms with Crippen molar-refractivity contribution >= 4 is 22.6 Å². The summed E-state index contributed by atoms with van der Waals surface area (Å²) < 4.78 is 5.67. The van der Waals surface area contributed by atoms with Gasteiger partial charge in [0.2, 0.25) is 0 Å². The Hall–Kier alpha value is -1.32. The minimum Gasteiger partial charge on any atom is -0.464 e. The molecule has 122 valence electrons. The van der Waals surface area contributed by atoms with Crippen molar-refractivity contribution in [3.05, 3.63) is 45.3 Å². The summed E-state index contributed by atoms with van der Waals surface area (Å²) in [5.41, 5.74) is 1.43. The second kappa shape index (κ2) is 6.29. The van der Waals surface area contributed by atoms with Crippen LogP contribution in [-0.4, -0.2) is 17.5 Å². The van der Waals surface area contributed by atoms with Gasteiger partial charge in [0, 0.05) is 23.2 Å². The third-order valence-electron chi connectivity index (χ3n) is 5.54. The third-order valence-corrected chi connectivity index (χ3v) is 5.77. The number of fused-ring (bicyclic) bond motifs is 2. The van der Waals surface area contributed by atoms with E-state index in [1.165, 1.54) is 38.5 Å². The standard InChI is InChI=1S/C19H22ClNO2/c20-15-7-8-18-16(10-15)19(22)14(12-23-18)11-21-9-3-5-13-4-1-2-6-17(13)21/h7-8,10,12-13,17H,1-6,9,11H2/t13-,17-/m0/s1. The largest absolute Gasteiger partial charge is 0.464 e. The molecular formula is C19H22ClNO2. The summed E-state index contributed by atoms with van der Waals surface area (Å²) in [4.78, 5) is 15.3. The molecule has 0 amide bonds. The summed E-state index contributed by atoms with van der Waals surface area (Å²) in [5.74, 6) is 0.819. The van der Waals surface area contributed by atoms with Crippen LogP contribution in [0, 0.1) is 5.92 Å². The predicted octanol–water partition coefficient (Wildman–Crippen LogP) is 4.60. The zero-order valence-corrected chi connectivity index (χ0v) is 14.0. The van der Waals surface area contributed by atoms with Crippen molar-refractivity contribution in [2.45, 2.75) is 51.1 Å². The zero-order valence-electron chi connectivity index (χ0n) is 13.3. The van der Waals surface area contributed by atoms with E-state index in [0.717, 1.165) is 18.0 Å². The van der Waals surface area contributed by atoms with Crippen molar-refractivity contribution in [3.63, 3.8) is 0 Å². The maximum absolute atomic E-state index is 12.8. The quantitative estimate of drug-likeness (QED) is 0.806. The fourth-order valence-corrected chi connectivity index (χ4v) is 4.57. The van der Waals surface area contributed by atoms with Crippen LogP contribution in [0.2, 0.25) is 5.02 Å². The van der Waals surface area contributed by atoms with Gasteiger partial charge in [-0.15, -0.1) is 0 Å². The molecule has 2 aliphatic rings. The number of nitrogens with zero attached hydrogens (tertiary/aromatic N) is 1. The first-order valence-electron chi connectivity index (χ1n) is 8.66. The van der Waals surface area contributed by atoms with E-state index in [0.29, 0.717) is 28.6 Å². The molecule has 1 aliphatic heterocycles. The van der Waals surface area contributed by atoms with Crippen molar-refractivity contribution in [2.75, 3.05) is 6.54 Å². The highest BCUT2D eigenvalue weighted by atomic mass is 35.5. The van der Waals surface area contributed by atoms with Crippen molar-refractivity contribution < 1.29 is 4.42 Å². The van der Waals surface area contributed by atoms with Crippen molar-refractivity contribution in [1.29, 1.82) is 0 Å². The smallest absolute Gasteiger partial charge is 0.197 e. The lowest BCUT2D eigenvalue weighted by Crippen LogP contribution is -2.46. The molecule has 2 aromatic rings. The molecule has 2 heterocycles. The van der Waals surface area contributed by atoms with Gasteiger partial charge in [-0.1, -0.05) is 24.4 Å². The van der Waals surface area contributed by atoms with E-state index in [4.69, 9.17) is 16.0 Å². The van der Waals surface area contributed by atoms with Gasteiger partial charge in [-0.2, -0.15) is 0 Å². The van der Waals surface area contributed by atoms with Crippen LogP contribution in [0.3, 0.4) is 0 Å². The summed E-state index contributed by atoms with van der Waals surface area (Å²) in [6.07, 6.45) is 9.55. The van der Waals surface area contributed by atoms with Crippen LogP contribution in [0.5, 0.6) is 0 Å². The highest BCUT2D eigenvalue weighted by molar-refractivity contribution is 6.31. The number of likely N-dealkylation sites (tertiary alicyclic amines) is 1. The Balaban J connectivity index is 1.64. The molecule has 1 aromatic carbocycles. The van der Waals surface area contributed by atoms with E-state index in [1.807, 2.05) is 0 Å². The van der Waals surface area contributed by atoms with Crippen LogP contribution in [0.25, 0.3) is 11.0 Å². The normalized spacial score (nSPS) is 25.4. The minimum absolute atomic E-state index is 0.0617.